The van der Waals surface area contributed by atoms with E-state index in [0.717, 1.165) is 5.56 Å². The normalized spacial score (nSPS) is 10.1. The lowest BCUT2D eigenvalue weighted by molar-refractivity contribution is -0.116. The van der Waals surface area contributed by atoms with Crippen molar-refractivity contribution in [2.45, 2.75) is 12.8 Å². The van der Waals surface area contributed by atoms with Gasteiger partial charge in [-0.25, -0.2) is 4.79 Å². The molecule has 21 heavy (non-hydrogen) atoms. The van der Waals surface area contributed by atoms with Crippen LogP contribution in [-0.2, 0) is 11.2 Å². The van der Waals surface area contributed by atoms with Crippen LogP contribution in [0.15, 0.2) is 47.2 Å². The van der Waals surface area contributed by atoms with Crippen LogP contribution in [0.3, 0.4) is 0 Å². The molecule has 0 saturated carbocycles. The molecule has 0 bridgehead atoms. The van der Waals surface area contributed by atoms with Crippen LogP contribution in [0.5, 0.6) is 0 Å². The number of nitrogens with zero attached hydrogens (tertiary/aromatic N) is 1. The third kappa shape index (κ3) is 4.13. The minimum Gasteiger partial charge on any atom is -0.478 e. The van der Waals surface area contributed by atoms with Crippen molar-refractivity contribution < 1.29 is 14.7 Å². The Bertz CT molecular complexity index is 659. The van der Waals surface area contributed by atoms with E-state index in [-0.39, 0.29) is 23.6 Å². The van der Waals surface area contributed by atoms with E-state index in [4.69, 9.17) is 5.11 Å². The quantitative estimate of drug-likeness (QED) is 0.869. The lowest BCUT2D eigenvalue weighted by atomic mass is 10.1. The van der Waals surface area contributed by atoms with Gasteiger partial charge in [0.1, 0.15) is 0 Å². The molecule has 2 rings (SSSR count). The van der Waals surface area contributed by atoms with Crippen LogP contribution < -0.4 is 5.32 Å². The molecule has 1 aromatic carbocycles. The number of nitrogens with one attached hydrogen (secondary N) is 1. The van der Waals surface area contributed by atoms with Crippen molar-refractivity contribution >= 4 is 33.5 Å². The maximum absolute atomic E-state index is 12.0. The first kappa shape index (κ1) is 15.2. The predicted molar refractivity (Wildman–Crippen MR) is 82.3 cm³/mol. The Morgan fingerprint density at radius 1 is 1.24 bits per heavy atom. The highest BCUT2D eigenvalue weighted by atomic mass is 79.9. The number of halogens is 1. The summed E-state index contributed by atoms with van der Waals surface area (Å²) in [6.07, 6.45) is 4.18. The molecular weight excluding hydrogens is 336 g/mol. The van der Waals surface area contributed by atoms with Crippen LogP contribution in [0.25, 0.3) is 0 Å². The molecule has 1 amide bonds. The van der Waals surface area contributed by atoms with Crippen LogP contribution >= 0.6 is 15.9 Å². The fraction of sp³-hybridized carbons (Fsp3) is 0.133. The highest BCUT2D eigenvalue weighted by Crippen LogP contribution is 2.26. The molecule has 5 nitrogen and oxygen atoms in total. The molecule has 0 fully saturated rings. The van der Waals surface area contributed by atoms with Gasteiger partial charge in [-0.2, -0.15) is 0 Å². The molecule has 6 heteroatoms. The Kier molecular flexibility index (Phi) is 5.05. The summed E-state index contributed by atoms with van der Waals surface area (Å²) in [7, 11) is 0. The third-order valence-electron chi connectivity index (χ3n) is 2.87. The number of rotatable bonds is 5. The molecule has 0 aliphatic carbocycles. The maximum atomic E-state index is 12.0. The van der Waals surface area contributed by atoms with Gasteiger partial charge in [-0.15, -0.1) is 0 Å². The zero-order chi connectivity index (χ0) is 15.2. The van der Waals surface area contributed by atoms with Gasteiger partial charge in [-0.1, -0.05) is 12.1 Å². The highest BCUT2D eigenvalue weighted by Gasteiger charge is 2.15. The van der Waals surface area contributed by atoms with Crippen molar-refractivity contribution in [3.63, 3.8) is 0 Å². The smallest absolute Gasteiger partial charge is 0.337 e. The van der Waals surface area contributed by atoms with Crippen molar-refractivity contribution in [3.05, 3.63) is 58.3 Å². The van der Waals surface area contributed by atoms with Crippen LogP contribution in [0.4, 0.5) is 5.69 Å². The Morgan fingerprint density at radius 2 is 2.05 bits per heavy atom. The number of carboxylic acid groups (broad SMARTS) is 1. The number of hydrogen-bond acceptors (Lipinski definition) is 3. The second kappa shape index (κ2) is 6.99. The van der Waals surface area contributed by atoms with Crippen molar-refractivity contribution in [3.8, 4) is 0 Å². The van der Waals surface area contributed by atoms with Gasteiger partial charge in [0.2, 0.25) is 5.91 Å². The number of aryl methyl sites for hydroxylation is 1. The van der Waals surface area contributed by atoms with E-state index >= 15 is 0 Å². The van der Waals surface area contributed by atoms with Gasteiger partial charge in [0.25, 0.3) is 0 Å². The van der Waals surface area contributed by atoms with Crippen LogP contribution in [0.1, 0.15) is 22.3 Å². The third-order valence-corrected chi connectivity index (χ3v) is 3.53. The van der Waals surface area contributed by atoms with E-state index in [1.807, 2.05) is 12.1 Å². The van der Waals surface area contributed by atoms with Gasteiger partial charge in [0.05, 0.1) is 11.3 Å². The summed E-state index contributed by atoms with van der Waals surface area (Å²) in [6, 6.07) is 8.44. The van der Waals surface area contributed by atoms with Crippen LogP contribution in [0, 0.1) is 0 Å². The van der Waals surface area contributed by atoms with Gasteiger partial charge in [0.15, 0.2) is 0 Å². The second-order valence-electron chi connectivity index (χ2n) is 4.38. The first-order valence-corrected chi connectivity index (χ1v) is 7.08. The summed E-state index contributed by atoms with van der Waals surface area (Å²) in [4.78, 5) is 27.1. The molecule has 0 aliphatic rings. The monoisotopic (exact) mass is 348 g/mol. The van der Waals surface area contributed by atoms with Crippen molar-refractivity contribution in [1.29, 1.82) is 0 Å². The fourth-order valence-corrected chi connectivity index (χ4v) is 2.30. The molecule has 1 heterocycles. The molecular formula is C15H13BrN2O3. The SMILES string of the molecule is O=C(CCc1cccnc1)Nc1c(Br)cccc1C(=O)O. The Morgan fingerprint density at radius 3 is 2.71 bits per heavy atom. The fourth-order valence-electron chi connectivity index (χ4n) is 1.84. The highest BCUT2D eigenvalue weighted by molar-refractivity contribution is 9.10. The van der Waals surface area contributed by atoms with Crippen molar-refractivity contribution in [1.82, 2.24) is 4.98 Å². The Labute approximate surface area is 130 Å². The number of pyridine rings is 1. The van der Waals surface area contributed by atoms with E-state index in [2.05, 4.69) is 26.2 Å². The van der Waals surface area contributed by atoms with Gasteiger partial charge in [0, 0.05) is 23.3 Å². The van der Waals surface area contributed by atoms with Crippen molar-refractivity contribution in [2.75, 3.05) is 5.32 Å². The van der Waals surface area contributed by atoms with E-state index in [1.54, 1.807) is 24.5 Å². The van der Waals surface area contributed by atoms with Crippen molar-refractivity contribution in [2.24, 2.45) is 0 Å². The average molecular weight is 349 g/mol. The molecule has 0 unspecified atom stereocenters. The summed E-state index contributed by atoms with van der Waals surface area (Å²) in [5.41, 5.74) is 1.29. The topological polar surface area (TPSA) is 79.3 Å². The van der Waals surface area contributed by atoms with E-state index < -0.39 is 5.97 Å². The molecule has 108 valence electrons. The number of carboxylic acids is 1. The number of para-hydroxylation sites is 1. The first-order chi connectivity index (χ1) is 10.1. The first-order valence-electron chi connectivity index (χ1n) is 6.28. The molecule has 1 aromatic heterocycles. The molecule has 0 spiro atoms. The second-order valence-corrected chi connectivity index (χ2v) is 5.23. The Balaban J connectivity index is 2.05. The molecule has 0 atom stereocenters. The van der Waals surface area contributed by atoms with Crippen LogP contribution in [-0.4, -0.2) is 22.0 Å². The number of benzene rings is 1. The number of amides is 1. The summed E-state index contributed by atoms with van der Waals surface area (Å²) in [5.74, 6) is -1.33. The Hall–Kier alpha value is -2.21. The molecule has 0 aliphatic heterocycles. The van der Waals surface area contributed by atoms with Gasteiger partial charge < -0.3 is 10.4 Å². The predicted octanol–water partition coefficient (Wildman–Crippen LogP) is 3.11. The van der Waals surface area contributed by atoms with Gasteiger partial charge in [-0.05, 0) is 46.1 Å². The van der Waals surface area contributed by atoms with E-state index in [0.29, 0.717) is 10.9 Å². The molecule has 0 radical (unpaired) electrons. The van der Waals surface area contributed by atoms with E-state index in [9.17, 15) is 9.59 Å². The summed E-state index contributed by atoms with van der Waals surface area (Å²) in [6.45, 7) is 0. The van der Waals surface area contributed by atoms with E-state index in [1.165, 1.54) is 6.07 Å². The zero-order valence-corrected chi connectivity index (χ0v) is 12.6. The maximum Gasteiger partial charge on any atom is 0.337 e. The number of anilines is 1. The summed E-state index contributed by atoms with van der Waals surface area (Å²) >= 11 is 3.25. The summed E-state index contributed by atoms with van der Waals surface area (Å²) < 4.78 is 0.539. The lowest BCUT2D eigenvalue weighted by Crippen LogP contribution is -2.15. The summed E-state index contributed by atoms with van der Waals surface area (Å²) in [5, 5.41) is 11.8. The van der Waals surface area contributed by atoms with Gasteiger partial charge >= 0.3 is 5.97 Å². The lowest BCUT2D eigenvalue weighted by Gasteiger charge is -2.10. The van der Waals surface area contributed by atoms with Gasteiger partial charge in [-0.3, -0.25) is 9.78 Å². The van der Waals surface area contributed by atoms with Crippen LogP contribution in [0.2, 0.25) is 0 Å². The average Bonchev–Trinajstić information content (AvgIpc) is 2.48. The minimum atomic E-state index is -1.08. The number of carbonyl (C=O) groups excluding carboxylic acids is 1. The molecule has 0 saturated heterocycles. The number of carbonyl (C=O) groups is 2. The standard InChI is InChI=1S/C15H13BrN2O3/c16-12-5-1-4-11(15(20)21)14(12)18-13(19)7-6-10-3-2-8-17-9-10/h1-5,8-9H,6-7H2,(H,18,19)(H,20,21). The number of aromatic nitrogens is 1. The zero-order valence-electron chi connectivity index (χ0n) is 11.0. The molecule has 2 aromatic rings. The number of hydrogen-bond donors (Lipinski definition) is 2. The minimum absolute atomic E-state index is 0.0547. The largest absolute Gasteiger partial charge is 0.478 e. The number of aromatic carboxylic acids is 1. The molecule has 2 N–H and O–H groups in total.